The number of hydrogen-bond acceptors (Lipinski definition) is 1. The van der Waals surface area contributed by atoms with Gasteiger partial charge < -0.3 is 5.73 Å². The van der Waals surface area contributed by atoms with Crippen molar-refractivity contribution in [3.63, 3.8) is 0 Å². The molecule has 0 heterocycles. The van der Waals surface area contributed by atoms with Gasteiger partial charge in [0, 0.05) is 11.8 Å². The van der Waals surface area contributed by atoms with E-state index in [1.165, 1.54) is 12.1 Å². The molecular formula is C6H5FN. The summed E-state index contributed by atoms with van der Waals surface area (Å²) < 4.78 is 12.0. The van der Waals surface area contributed by atoms with Crippen molar-refractivity contribution in [2.45, 2.75) is 0 Å². The minimum atomic E-state index is -0.412. The Hall–Kier alpha value is -1.05. The minimum Gasteiger partial charge on any atom is -0.399 e. The van der Waals surface area contributed by atoms with Crippen LogP contribution in [-0.2, 0) is 0 Å². The Morgan fingerprint density at radius 2 is 2.38 bits per heavy atom. The van der Waals surface area contributed by atoms with E-state index in [4.69, 9.17) is 5.73 Å². The van der Waals surface area contributed by atoms with Crippen molar-refractivity contribution < 1.29 is 4.39 Å². The maximum atomic E-state index is 12.0. The smallest absolute Gasteiger partial charge is 0.133 e. The molecule has 2 heteroatoms. The summed E-state index contributed by atoms with van der Waals surface area (Å²) in [7, 11) is 0. The fourth-order valence-electron chi connectivity index (χ4n) is 0.454. The summed E-state index contributed by atoms with van der Waals surface area (Å²) in [6, 6.07) is 6.58. The van der Waals surface area contributed by atoms with Crippen LogP contribution in [0.5, 0.6) is 0 Å². The molecular weight excluding hydrogens is 105 g/mol. The molecule has 0 aromatic heterocycles. The molecule has 1 nitrogen and oxygen atoms in total. The highest BCUT2D eigenvalue weighted by molar-refractivity contribution is 5.36. The predicted octanol–water partition coefficient (Wildman–Crippen LogP) is 1.21. The van der Waals surface area contributed by atoms with Crippen molar-refractivity contribution in [2.24, 2.45) is 0 Å². The molecule has 0 unspecified atom stereocenters. The van der Waals surface area contributed by atoms with Gasteiger partial charge in [-0.3, -0.25) is 0 Å². The van der Waals surface area contributed by atoms with Gasteiger partial charge in [-0.2, -0.15) is 0 Å². The van der Waals surface area contributed by atoms with E-state index in [1.54, 1.807) is 6.07 Å². The Bertz CT molecular complexity index is 168. The Kier molecular flexibility index (Phi) is 1.16. The van der Waals surface area contributed by atoms with E-state index in [1.807, 2.05) is 0 Å². The van der Waals surface area contributed by atoms with E-state index in [-0.39, 0.29) is 0 Å². The summed E-state index contributed by atoms with van der Waals surface area (Å²) in [5.41, 5.74) is 5.63. The van der Waals surface area contributed by atoms with Crippen LogP contribution in [-0.4, -0.2) is 0 Å². The fourth-order valence-corrected chi connectivity index (χ4v) is 0.454. The van der Waals surface area contributed by atoms with Gasteiger partial charge in [-0.25, -0.2) is 4.39 Å². The molecule has 0 spiro atoms. The van der Waals surface area contributed by atoms with Gasteiger partial charge in [0.15, 0.2) is 0 Å². The largest absolute Gasteiger partial charge is 0.399 e. The average Bonchev–Trinajstić information content (AvgIpc) is 1.64. The van der Waals surface area contributed by atoms with Gasteiger partial charge in [-0.15, -0.1) is 0 Å². The van der Waals surface area contributed by atoms with Gasteiger partial charge in [-0.05, 0) is 18.2 Å². The fraction of sp³-hybridized carbons (Fsp3) is 0. The third-order valence-corrected chi connectivity index (χ3v) is 0.790. The highest BCUT2D eigenvalue weighted by atomic mass is 19.1. The molecule has 0 aliphatic rings. The molecule has 0 amide bonds. The second-order valence-corrected chi connectivity index (χ2v) is 1.47. The number of hydrogen-bond donors (Lipinski definition) is 1. The lowest BCUT2D eigenvalue weighted by Gasteiger charge is -1.87. The number of halogens is 1. The van der Waals surface area contributed by atoms with E-state index >= 15 is 0 Å². The second-order valence-electron chi connectivity index (χ2n) is 1.47. The molecule has 0 aliphatic carbocycles. The highest BCUT2D eigenvalue weighted by Crippen LogP contribution is 2.01. The Labute approximate surface area is 46.9 Å². The van der Waals surface area contributed by atoms with Gasteiger partial charge >= 0.3 is 0 Å². The lowest BCUT2D eigenvalue weighted by Crippen LogP contribution is -1.83. The van der Waals surface area contributed by atoms with Gasteiger partial charge in [0.1, 0.15) is 5.82 Å². The molecule has 0 saturated heterocycles. The molecule has 41 valence electrons. The Balaban J connectivity index is 3.08. The van der Waals surface area contributed by atoms with Crippen molar-refractivity contribution in [1.29, 1.82) is 0 Å². The van der Waals surface area contributed by atoms with Crippen LogP contribution in [0.25, 0.3) is 0 Å². The first-order chi connectivity index (χ1) is 3.79. The van der Waals surface area contributed by atoms with Crippen LogP contribution in [0.2, 0.25) is 0 Å². The maximum absolute atomic E-state index is 12.0. The highest BCUT2D eigenvalue weighted by Gasteiger charge is 1.86. The number of nitrogen functional groups attached to an aromatic ring is 1. The molecule has 1 aromatic rings. The third-order valence-electron chi connectivity index (χ3n) is 0.790. The molecule has 2 N–H and O–H groups in total. The summed E-state index contributed by atoms with van der Waals surface area (Å²) in [4.78, 5) is 0. The summed E-state index contributed by atoms with van der Waals surface area (Å²) in [6.45, 7) is 0. The zero-order valence-corrected chi connectivity index (χ0v) is 4.19. The molecule has 1 rings (SSSR count). The predicted molar refractivity (Wildman–Crippen MR) is 29.6 cm³/mol. The average molecular weight is 110 g/mol. The minimum absolute atomic E-state index is 0.412. The van der Waals surface area contributed by atoms with Crippen LogP contribution in [0.1, 0.15) is 0 Å². The van der Waals surface area contributed by atoms with Crippen LogP contribution >= 0.6 is 0 Å². The number of nitrogens with two attached hydrogens (primary N) is 1. The van der Waals surface area contributed by atoms with E-state index < -0.39 is 5.82 Å². The van der Waals surface area contributed by atoms with Gasteiger partial charge in [0.2, 0.25) is 0 Å². The van der Waals surface area contributed by atoms with Crippen molar-refractivity contribution in [1.82, 2.24) is 0 Å². The van der Waals surface area contributed by atoms with Crippen LogP contribution < -0.4 is 5.73 Å². The van der Waals surface area contributed by atoms with Crippen molar-refractivity contribution in [3.05, 3.63) is 30.1 Å². The molecule has 1 radical (unpaired) electrons. The second kappa shape index (κ2) is 1.82. The van der Waals surface area contributed by atoms with Crippen LogP contribution in [0.4, 0.5) is 10.1 Å². The van der Waals surface area contributed by atoms with E-state index in [0.29, 0.717) is 5.69 Å². The van der Waals surface area contributed by atoms with Crippen molar-refractivity contribution in [2.75, 3.05) is 5.73 Å². The van der Waals surface area contributed by atoms with E-state index in [2.05, 4.69) is 6.07 Å². The van der Waals surface area contributed by atoms with Crippen LogP contribution in [0, 0.1) is 11.9 Å². The summed E-state index contributed by atoms with van der Waals surface area (Å²) in [6.07, 6.45) is 0. The molecule has 1 aromatic carbocycles. The molecule has 8 heavy (non-hydrogen) atoms. The Morgan fingerprint density at radius 3 is 2.75 bits per heavy atom. The first-order valence-electron chi connectivity index (χ1n) is 2.22. The summed E-state index contributed by atoms with van der Waals surface area (Å²) in [5.74, 6) is -0.412. The third kappa shape index (κ3) is 0.964. The van der Waals surface area contributed by atoms with Gasteiger partial charge in [0.05, 0.1) is 0 Å². The van der Waals surface area contributed by atoms with Crippen LogP contribution in [0.15, 0.2) is 18.2 Å². The van der Waals surface area contributed by atoms with Gasteiger partial charge in [0.25, 0.3) is 0 Å². The van der Waals surface area contributed by atoms with Gasteiger partial charge in [-0.1, -0.05) is 0 Å². The number of rotatable bonds is 0. The quantitative estimate of drug-likeness (QED) is 0.499. The SMILES string of the molecule is Nc1cc[c]c(F)c1. The summed E-state index contributed by atoms with van der Waals surface area (Å²) in [5, 5.41) is 0. The molecule has 0 bridgehead atoms. The van der Waals surface area contributed by atoms with E-state index in [0.717, 1.165) is 0 Å². The summed E-state index contributed by atoms with van der Waals surface area (Å²) >= 11 is 0. The molecule has 0 fully saturated rings. The van der Waals surface area contributed by atoms with Crippen LogP contribution in [0.3, 0.4) is 0 Å². The van der Waals surface area contributed by atoms with E-state index in [9.17, 15) is 4.39 Å². The zero-order valence-electron chi connectivity index (χ0n) is 4.19. The molecule has 0 saturated carbocycles. The molecule has 0 aliphatic heterocycles. The number of benzene rings is 1. The number of anilines is 1. The standard InChI is InChI=1S/C6H5FN/c7-5-2-1-3-6(8)4-5/h1,3-4H,8H2. The maximum Gasteiger partial charge on any atom is 0.133 e. The lowest BCUT2D eigenvalue weighted by atomic mass is 10.3. The monoisotopic (exact) mass is 110 g/mol. The first kappa shape index (κ1) is 5.09. The normalized spacial score (nSPS) is 9.12. The first-order valence-corrected chi connectivity index (χ1v) is 2.22. The molecule has 0 atom stereocenters. The van der Waals surface area contributed by atoms with Crippen molar-refractivity contribution >= 4 is 5.69 Å². The topological polar surface area (TPSA) is 26.0 Å². The lowest BCUT2D eigenvalue weighted by molar-refractivity contribution is 0.626. The zero-order chi connectivity index (χ0) is 5.98. The Morgan fingerprint density at radius 1 is 1.62 bits per heavy atom. The van der Waals surface area contributed by atoms with Crippen molar-refractivity contribution in [3.8, 4) is 0 Å².